The molecule has 0 N–H and O–H groups in total. The third-order valence-corrected chi connectivity index (χ3v) is 38.4. The maximum absolute atomic E-state index is 2.43. The molecule has 0 nitrogen and oxygen atoms in total. The second kappa shape index (κ2) is 5.19. The van der Waals surface area contributed by atoms with E-state index in [9.17, 15) is 0 Å². The summed E-state index contributed by atoms with van der Waals surface area (Å²) in [7, 11) is 3.00. The van der Waals surface area contributed by atoms with E-state index < -0.39 is 18.3 Å². The van der Waals surface area contributed by atoms with Gasteiger partial charge in [-0.2, -0.15) is 0 Å². The molecule has 0 saturated carbocycles. The van der Waals surface area contributed by atoms with Crippen molar-refractivity contribution in [2.75, 3.05) is 0 Å². The second-order valence-electron chi connectivity index (χ2n) is 4.27. The first-order valence-corrected chi connectivity index (χ1v) is 32.1. The number of halogens is 1. The van der Waals surface area contributed by atoms with Gasteiger partial charge in [-0.25, -0.2) is 0 Å². The summed E-state index contributed by atoms with van der Waals surface area (Å²) in [6.07, 6.45) is 16.7. The summed E-state index contributed by atoms with van der Waals surface area (Å²) >= 11 is -1.86. The van der Waals surface area contributed by atoms with E-state index in [1.54, 1.807) is 0 Å². The van der Waals surface area contributed by atoms with Gasteiger partial charge in [0.2, 0.25) is 0 Å². The van der Waals surface area contributed by atoms with Crippen LogP contribution in [-0.4, -0.2) is 14.9 Å². The minimum atomic E-state index is -1.86. The minimum absolute atomic E-state index is 0. The third-order valence-electron chi connectivity index (χ3n) is 3.15. The zero-order valence-electron chi connectivity index (χ0n) is 8.79. The van der Waals surface area contributed by atoms with Gasteiger partial charge in [0.1, 0.15) is 0 Å². The number of rotatable bonds is 2. The van der Waals surface area contributed by atoms with Crippen LogP contribution >= 0.6 is 17.0 Å². The molecule has 0 aromatic carbocycles. The Morgan fingerprint density at radius 1 is 0.929 bits per heavy atom. The fourth-order valence-electron chi connectivity index (χ4n) is 2.03. The molecule has 2 aliphatic carbocycles. The molecule has 0 saturated heterocycles. The molecule has 2 rings (SSSR count). The molecule has 4 heteroatoms. The van der Waals surface area contributed by atoms with Gasteiger partial charge in [-0.3, -0.25) is 0 Å². The van der Waals surface area contributed by atoms with E-state index >= 15 is 0 Å². The summed E-state index contributed by atoms with van der Waals surface area (Å²) in [6, 6.07) is 0. The molecular weight excluding hydrogens is 435 g/mol. The van der Waals surface area contributed by atoms with E-state index in [-0.39, 0.29) is 17.0 Å². The van der Waals surface area contributed by atoms with Crippen molar-refractivity contribution in [3.63, 3.8) is 0 Å². The molecule has 76 valence electrons. The van der Waals surface area contributed by atoms with E-state index in [1.807, 2.05) is 6.66 Å². The summed E-state index contributed by atoms with van der Waals surface area (Å²) in [5.41, 5.74) is 0. The summed E-state index contributed by atoms with van der Waals surface area (Å²) < 4.78 is 3.78. The van der Waals surface area contributed by atoms with Gasteiger partial charge in [-0.1, -0.05) is 0 Å². The first kappa shape index (κ1) is 12.8. The fraction of sp³-hybridized carbons (Fsp3) is 0.200. The van der Waals surface area contributed by atoms with Gasteiger partial charge in [0.25, 0.3) is 0 Å². The number of hydrogen-bond donors (Lipinski definition) is 0. The van der Waals surface area contributed by atoms with Crippen LogP contribution in [0.1, 0.15) is 12.8 Å². The van der Waals surface area contributed by atoms with Crippen LogP contribution in [-0.2, 0) is 18.3 Å². The number of allylic oxidation sites excluding steroid dienone is 8. The summed E-state index contributed by atoms with van der Waals surface area (Å²) in [5, 5.41) is 0. The SMILES string of the molecule is Br.[SiH3][Hf]([SiH3])([C]1=CC=CC1)[C]1=CC=CC1. The zero-order valence-corrected chi connectivity index (χ0v) is 18.1. The van der Waals surface area contributed by atoms with Gasteiger partial charge in [0.05, 0.1) is 0 Å². The Morgan fingerprint density at radius 2 is 1.36 bits per heavy atom. The van der Waals surface area contributed by atoms with Crippen molar-refractivity contribution in [1.82, 2.24) is 0 Å². The van der Waals surface area contributed by atoms with Crippen molar-refractivity contribution in [2.45, 2.75) is 12.8 Å². The van der Waals surface area contributed by atoms with Gasteiger partial charge in [0, 0.05) is 0 Å². The average molecular weight is 452 g/mol. The topological polar surface area (TPSA) is 0 Å². The van der Waals surface area contributed by atoms with Crippen LogP contribution in [0.2, 0.25) is 0 Å². The van der Waals surface area contributed by atoms with Crippen molar-refractivity contribution in [2.24, 2.45) is 0 Å². The molecule has 0 spiro atoms. The van der Waals surface area contributed by atoms with Crippen molar-refractivity contribution >= 4 is 31.8 Å². The van der Waals surface area contributed by atoms with Crippen LogP contribution in [0.4, 0.5) is 0 Å². The first-order chi connectivity index (χ1) is 6.21. The molecule has 0 bridgehead atoms. The van der Waals surface area contributed by atoms with Gasteiger partial charge in [0.15, 0.2) is 0 Å². The van der Waals surface area contributed by atoms with Crippen molar-refractivity contribution in [3.8, 4) is 0 Å². The Labute approximate surface area is 105 Å². The van der Waals surface area contributed by atoms with Crippen LogP contribution in [0.5, 0.6) is 0 Å². The van der Waals surface area contributed by atoms with E-state index in [2.05, 4.69) is 36.5 Å². The van der Waals surface area contributed by atoms with Gasteiger partial charge < -0.3 is 0 Å². The Morgan fingerprint density at radius 3 is 1.64 bits per heavy atom. The molecule has 0 unspecified atom stereocenters. The van der Waals surface area contributed by atoms with Crippen LogP contribution in [0.15, 0.2) is 43.1 Å². The van der Waals surface area contributed by atoms with E-state index in [4.69, 9.17) is 0 Å². The standard InChI is InChI=1S/2C5H5.BrH.Hf.2H3Si/c2*1-2-4-5-3-1;;;;/h2*1-3H,4H2;1H;;2*1H3. The zero-order chi connectivity index (χ0) is 9.31. The van der Waals surface area contributed by atoms with Crippen LogP contribution in [0.3, 0.4) is 0 Å². The molecule has 0 aliphatic heterocycles. The average Bonchev–Trinajstić information content (AvgIpc) is 2.78. The van der Waals surface area contributed by atoms with Crippen molar-refractivity contribution in [1.29, 1.82) is 0 Å². The van der Waals surface area contributed by atoms with E-state index in [0.29, 0.717) is 0 Å². The Hall–Kier alpha value is 0.744. The molecule has 2 aliphatic rings. The summed E-state index contributed by atoms with van der Waals surface area (Å²) in [6.45, 7) is 0. The summed E-state index contributed by atoms with van der Waals surface area (Å²) in [4.78, 5) is 0. The predicted molar refractivity (Wildman–Crippen MR) is 73.9 cm³/mol. The fourth-order valence-corrected chi connectivity index (χ4v) is 23.8. The molecule has 0 atom stereocenters. The first-order valence-electron chi connectivity index (χ1n) is 4.93. The second-order valence-corrected chi connectivity index (χ2v) is 69.7. The molecule has 0 amide bonds. The summed E-state index contributed by atoms with van der Waals surface area (Å²) in [5.74, 6) is 0. The van der Waals surface area contributed by atoms with Gasteiger partial charge in [-0.15, -0.1) is 17.0 Å². The number of hydrogen-bond acceptors (Lipinski definition) is 0. The molecule has 0 aromatic rings. The normalized spacial score (nSPS) is 19.7. The third kappa shape index (κ3) is 2.46. The molecule has 0 fully saturated rings. The maximum atomic E-state index is 2.43. The molecule has 0 radical (unpaired) electrons. The van der Waals surface area contributed by atoms with Gasteiger partial charge in [-0.05, 0) is 0 Å². The molecule has 0 heterocycles. The van der Waals surface area contributed by atoms with Crippen LogP contribution in [0, 0.1) is 0 Å². The van der Waals surface area contributed by atoms with E-state index in [0.717, 1.165) is 0 Å². The Kier molecular flexibility index (Phi) is 4.75. The van der Waals surface area contributed by atoms with E-state index in [1.165, 1.54) is 27.7 Å². The quantitative estimate of drug-likeness (QED) is 0.549. The van der Waals surface area contributed by atoms with Crippen molar-refractivity contribution in [3.05, 3.63) is 43.1 Å². The van der Waals surface area contributed by atoms with Crippen LogP contribution in [0.25, 0.3) is 0 Å². The van der Waals surface area contributed by atoms with Crippen molar-refractivity contribution < 1.29 is 18.3 Å². The Balaban J connectivity index is 0.000000980. The molecule has 0 aromatic heterocycles. The molecular formula is C10H17BrHfSi2. The van der Waals surface area contributed by atoms with Gasteiger partial charge >= 0.3 is 89.1 Å². The predicted octanol–water partition coefficient (Wildman–Crippen LogP) is 0.967. The monoisotopic (exact) mass is 452 g/mol. The van der Waals surface area contributed by atoms with Crippen LogP contribution < -0.4 is 0 Å². The Bertz CT molecular complexity index is 308. The molecule has 14 heavy (non-hydrogen) atoms.